The van der Waals surface area contributed by atoms with Gasteiger partial charge in [-0.3, -0.25) is 4.79 Å². The monoisotopic (exact) mass is 305 g/mol. The van der Waals surface area contributed by atoms with Crippen LogP contribution in [0.3, 0.4) is 0 Å². The number of nitrogens with one attached hydrogen (secondary N) is 1. The second-order valence-electron chi connectivity index (χ2n) is 5.11. The Hall–Kier alpha value is -0.700. The first kappa shape index (κ1) is 15.7. The first-order valence-corrected chi connectivity index (χ1v) is 8.63. The van der Waals surface area contributed by atoms with Crippen LogP contribution in [0, 0.1) is 0 Å². The average molecular weight is 305 g/mol. The summed E-state index contributed by atoms with van der Waals surface area (Å²) in [6.07, 6.45) is 2.06. The molecule has 0 aromatic carbocycles. The number of hydrogen-bond donors (Lipinski definition) is 1. The second-order valence-corrected chi connectivity index (χ2v) is 6.81. The van der Waals surface area contributed by atoms with Crippen LogP contribution in [0.2, 0.25) is 0 Å². The van der Waals surface area contributed by atoms with Crippen LogP contribution in [0.15, 0.2) is 0 Å². The zero-order valence-electron chi connectivity index (χ0n) is 11.9. The van der Waals surface area contributed by atoms with Crippen LogP contribution in [-0.2, 0) is 19.7 Å². The van der Waals surface area contributed by atoms with Crippen molar-refractivity contribution in [2.45, 2.75) is 32.2 Å². The lowest BCUT2D eigenvalue weighted by atomic mass is 10.2. The quantitative estimate of drug-likeness (QED) is 0.746. The Labute approximate surface area is 120 Å². The molecular weight excluding hydrogens is 282 g/mol. The van der Waals surface area contributed by atoms with Crippen LogP contribution in [0.25, 0.3) is 0 Å². The van der Waals surface area contributed by atoms with Crippen molar-refractivity contribution in [2.75, 3.05) is 39.4 Å². The van der Waals surface area contributed by atoms with Gasteiger partial charge in [0.15, 0.2) is 0 Å². The maximum absolute atomic E-state index is 12.5. The van der Waals surface area contributed by atoms with E-state index in [-0.39, 0.29) is 5.91 Å². The Balaban J connectivity index is 2.04. The van der Waals surface area contributed by atoms with Crippen molar-refractivity contribution in [3.05, 3.63) is 0 Å². The standard InChI is InChI=1S/C12H23N3O4S/c1-2-5-13-20(17,18)15-6-3-4-11(15)12(16)14-7-9-19-10-8-14/h11,13H,2-10H2,1H3. The van der Waals surface area contributed by atoms with Gasteiger partial charge in [-0.05, 0) is 19.3 Å². The van der Waals surface area contributed by atoms with E-state index in [2.05, 4.69) is 4.72 Å². The van der Waals surface area contributed by atoms with E-state index >= 15 is 0 Å². The molecule has 2 fully saturated rings. The normalized spacial score (nSPS) is 25.1. The fraction of sp³-hybridized carbons (Fsp3) is 0.917. The molecule has 2 aliphatic heterocycles. The summed E-state index contributed by atoms with van der Waals surface area (Å²) in [6.45, 7) is 4.87. The maximum atomic E-state index is 12.5. The first-order valence-electron chi connectivity index (χ1n) is 7.19. The van der Waals surface area contributed by atoms with Gasteiger partial charge in [-0.25, -0.2) is 4.72 Å². The highest BCUT2D eigenvalue weighted by atomic mass is 32.2. The number of hydrogen-bond acceptors (Lipinski definition) is 4. The molecule has 7 nitrogen and oxygen atoms in total. The fourth-order valence-electron chi connectivity index (χ4n) is 2.58. The zero-order valence-corrected chi connectivity index (χ0v) is 12.7. The SMILES string of the molecule is CCCNS(=O)(=O)N1CCCC1C(=O)N1CCOCC1. The molecule has 0 spiro atoms. The van der Waals surface area contributed by atoms with Crippen molar-refractivity contribution in [1.29, 1.82) is 0 Å². The molecule has 2 aliphatic rings. The summed E-state index contributed by atoms with van der Waals surface area (Å²) < 4.78 is 33.5. The van der Waals surface area contributed by atoms with Crippen LogP contribution in [0.1, 0.15) is 26.2 Å². The molecule has 116 valence electrons. The Morgan fingerprint density at radius 1 is 1.30 bits per heavy atom. The highest BCUT2D eigenvalue weighted by Crippen LogP contribution is 2.22. The van der Waals surface area contributed by atoms with Crippen LogP contribution in [0.4, 0.5) is 0 Å². The van der Waals surface area contributed by atoms with Gasteiger partial charge in [0.1, 0.15) is 6.04 Å². The molecule has 20 heavy (non-hydrogen) atoms. The van der Waals surface area contributed by atoms with Crippen molar-refractivity contribution in [2.24, 2.45) is 0 Å². The van der Waals surface area contributed by atoms with Gasteiger partial charge in [0.05, 0.1) is 13.2 Å². The fourth-order valence-corrected chi connectivity index (χ4v) is 4.11. The van der Waals surface area contributed by atoms with E-state index in [0.717, 1.165) is 12.8 Å². The first-order chi connectivity index (χ1) is 9.56. The summed E-state index contributed by atoms with van der Waals surface area (Å²) in [4.78, 5) is 14.2. The molecule has 1 N–H and O–H groups in total. The molecule has 0 radical (unpaired) electrons. The van der Waals surface area contributed by atoms with Gasteiger partial charge in [0, 0.05) is 26.2 Å². The molecule has 0 aromatic rings. The molecule has 0 aliphatic carbocycles. The minimum atomic E-state index is -3.55. The van der Waals surface area contributed by atoms with Crippen molar-refractivity contribution in [3.8, 4) is 0 Å². The third-order valence-electron chi connectivity index (χ3n) is 3.65. The molecule has 2 saturated heterocycles. The van der Waals surface area contributed by atoms with Crippen molar-refractivity contribution >= 4 is 16.1 Å². The molecule has 1 atom stereocenters. The molecule has 0 bridgehead atoms. The van der Waals surface area contributed by atoms with Gasteiger partial charge >= 0.3 is 0 Å². The van der Waals surface area contributed by atoms with E-state index in [1.54, 1.807) is 4.90 Å². The number of carbonyl (C=O) groups excluding carboxylic acids is 1. The van der Waals surface area contributed by atoms with E-state index in [4.69, 9.17) is 4.74 Å². The van der Waals surface area contributed by atoms with E-state index in [0.29, 0.717) is 45.8 Å². The highest BCUT2D eigenvalue weighted by Gasteiger charge is 2.40. The molecule has 0 aromatic heterocycles. The Kier molecular flexibility index (Phi) is 5.36. The zero-order chi connectivity index (χ0) is 14.6. The van der Waals surface area contributed by atoms with E-state index < -0.39 is 16.3 Å². The van der Waals surface area contributed by atoms with E-state index in [1.807, 2.05) is 6.92 Å². The Morgan fingerprint density at radius 3 is 2.65 bits per heavy atom. The smallest absolute Gasteiger partial charge is 0.280 e. The number of nitrogens with zero attached hydrogens (tertiary/aromatic N) is 2. The predicted octanol–water partition coefficient (Wildman–Crippen LogP) is -0.446. The minimum absolute atomic E-state index is 0.0901. The van der Waals surface area contributed by atoms with E-state index in [9.17, 15) is 13.2 Å². The largest absolute Gasteiger partial charge is 0.378 e. The Bertz CT molecular complexity index is 434. The van der Waals surface area contributed by atoms with Gasteiger partial charge in [-0.2, -0.15) is 12.7 Å². The lowest BCUT2D eigenvalue weighted by Crippen LogP contribution is -2.53. The number of amides is 1. The molecule has 1 amide bonds. The predicted molar refractivity (Wildman–Crippen MR) is 74.3 cm³/mol. The van der Waals surface area contributed by atoms with Crippen LogP contribution >= 0.6 is 0 Å². The molecule has 2 rings (SSSR count). The van der Waals surface area contributed by atoms with Gasteiger partial charge in [-0.1, -0.05) is 6.92 Å². The Morgan fingerprint density at radius 2 is 2.00 bits per heavy atom. The van der Waals surface area contributed by atoms with Gasteiger partial charge < -0.3 is 9.64 Å². The molecular formula is C12H23N3O4S. The third kappa shape index (κ3) is 3.49. The van der Waals surface area contributed by atoms with Gasteiger partial charge in [0.2, 0.25) is 5.91 Å². The number of rotatable bonds is 5. The summed E-state index contributed by atoms with van der Waals surface area (Å²) in [6, 6.07) is -0.553. The number of carbonyl (C=O) groups is 1. The lowest BCUT2D eigenvalue weighted by Gasteiger charge is -2.32. The molecule has 8 heteroatoms. The van der Waals surface area contributed by atoms with Crippen LogP contribution < -0.4 is 4.72 Å². The minimum Gasteiger partial charge on any atom is -0.378 e. The molecule has 2 heterocycles. The summed E-state index contributed by atoms with van der Waals surface area (Å²) in [5, 5.41) is 0. The van der Waals surface area contributed by atoms with E-state index in [1.165, 1.54) is 4.31 Å². The number of ether oxygens (including phenoxy) is 1. The molecule has 0 saturated carbocycles. The van der Waals surface area contributed by atoms with Gasteiger partial charge in [0.25, 0.3) is 10.2 Å². The average Bonchev–Trinajstić information content (AvgIpc) is 2.95. The van der Waals surface area contributed by atoms with Crippen molar-refractivity contribution in [3.63, 3.8) is 0 Å². The second kappa shape index (κ2) is 6.84. The number of morpholine rings is 1. The summed E-state index contributed by atoms with van der Waals surface area (Å²) >= 11 is 0. The van der Waals surface area contributed by atoms with Crippen molar-refractivity contribution < 1.29 is 17.9 Å². The van der Waals surface area contributed by atoms with Gasteiger partial charge in [-0.15, -0.1) is 0 Å². The summed E-state index contributed by atoms with van der Waals surface area (Å²) in [5.74, 6) is -0.0901. The summed E-state index contributed by atoms with van der Waals surface area (Å²) in [7, 11) is -3.55. The van der Waals surface area contributed by atoms with Crippen molar-refractivity contribution in [1.82, 2.24) is 13.9 Å². The maximum Gasteiger partial charge on any atom is 0.280 e. The third-order valence-corrected chi connectivity index (χ3v) is 5.28. The lowest BCUT2D eigenvalue weighted by molar-refractivity contribution is -0.138. The topological polar surface area (TPSA) is 79.0 Å². The van der Waals surface area contributed by atoms with Crippen LogP contribution in [-0.4, -0.2) is 69.0 Å². The van der Waals surface area contributed by atoms with Crippen LogP contribution in [0.5, 0.6) is 0 Å². The molecule has 1 unspecified atom stereocenters. The highest BCUT2D eigenvalue weighted by molar-refractivity contribution is 7.87. The summed E-state index contributed by atoms with van der Waals surface area (Å²) in [5.41, 5.74) is 0.